The van der Waals surface area contributed by atoms with Crippen molar-refractivity contribution in [3.63, 3.8) is 0 Å². The first kappa shape index (κ1) is 12.5. The van der Waals surface area contributed by atoms with Crippen molar-refractivity contribution in [2.24, 2.45) is 27.2 Å². The Bertz CT molecular complexity index is 329. The van der Waals surface area contributed by atoms with Crippen LogP contribution in [0.2, 0.25) is 0 Å². The van der Waals surface area contributed by atoms with Crippen molar-refractivity contribution in [3.05, 3.63) is 30.3 Å². The van der Waals surface area contributed by atoms with Gasteiger partial charge in [0.15, 0.2) is 5.96 Å². The number of aliphatic imine (C=N–C) groups is 2. The van der Waals surface area contributed by atoms with E-state index in [-0.39, 0.29) is 29.0 Å². The molecule has 14 heavy (non-hydrogen) atoms. The Balaban J connectivity index is 0.00000169. The summed E-state index contributed by atoms with van der Waals surface area (Å²) in [5.41, 5.74) is 16.3. The fourth-order valence-electron chi connectivity index (χ4n) is 0.792. The van der Waals surface area contributed by atoms with Crippen LogP contribution in [0.15, 0.2) is 40.3 Å². The van der Waals surface area contributed by atoms with Crippen molar-refractivity contribution in [2.75, 3.05) is 0 Å². The van der Waals surface area contributed by atoms with Crippen molar-refractivity contribution in [1.82, 2.24) is 0 Å². The van der Waals surface area contributed by atoms with Crippen LogP contribution in [-0.4, -0.2) is 11.9 Å². The van der Waals surface area contributed by atoms with Gasteiger partial charge in [-0.05, 0) is 12.1 Å². The summed E-state index contributed by atoms with van der Waals surface area (Å²) in [7, 11) is 0. The number of rotatable bonds is 1. The molecule has 0 saturated heterocycles. The molecule has 0 bridgehead atoms. The van der Waals surface area contributed by atoms with Gasteiger partial charge in [-0.2, -0.15) is 4.99 Å². The molecule has 79 valence electrons. The second kappa shape index (κ2) is 6.01. The van der Waals surface area contributed by atoms with E-state index in [0.29, 0.717) is 5.69 Å². The Morgan fingerprint density at radius 3 is 2.07 bits per heavy atom. The molecule has 0 unspecified atom stereocenters. The van der Waals surface area contributed by atoms with Gasteiger partial charge in [0.1, 0.15) is 0 Å². The number of hydrogen-bond acceptors (Lipinski definition) is 1. The minimum atomic E-state index is -0.0998. The maximum absolute atomic E-state index is 5.41. The molecular weight excluding hydrogens is 230 g/mol. The van der Waals surface area contributed by atoms with E-state index in [1.165, 1.54) is 0 Å². The summed E-state index contributed by atoms with van der Waals surface area (Å²) in [6, 6.07) is 9.18. The minimum absolute atomic E-state index is 0. The van der Waals surface area contributed by atoms with Gasteiger partial charge in [-0.3, -0.25) is 0 Å². The molecule has 0 heterocycles. The Labute approximate surface area is 92.6 Å². The van der Waals surface area contributed by atoms with Gasteiger partial charge in [-0.1, -0.05) is 18.2 Å². The van der Waals surface area contributed by atoms with Crippen molar-refractivity contribution in [2.45, 2.75) is 0 Å². The largest absolute Gasteiger partial charge is 0.370 e. The molecule has 0 aliphatic carbocycles. The molecule has 6 N–H and O–H groups in total. The van der Waals surface area contributed by atoms with Crippen molar-refractivity contribution in [3.8, 4) is 0 Å². The molecule has 0 amide bonds. The number of benzene rings is 1. The maximum Gasteiger partial charge on any atom is 0.223 e. The molecule has 0 aromatic heterocycles. The number of para-hydroxylation sites is 1. The van der Waals surface area contributed by atoms with Gasteiger partial charge in [0.05, 0.1) is 5.69 Å². The topological polar surface area (TPSA) is 103 Å². The summed E-state index contributed by atoms with van der Waals surface area (Å²) >= 11 is 0. The van der Waals surface area contributed by atoms with E-state index in [1.807, 2.05) is 18.2 Å². The molecule has 0 spiro atoms. The average molecular weight is 241 g/mol. The van der Waals surface area contributed by atoms with E-state index in [2.05, 4.69) is 9.98 Å². The first-order valence-corrected chi connectivity index (χ1v) is 3.67. The van der Waals surface area contributed by atoms with Gasteiger partial charge in [0, 0.05) is 17.1 Å². The third-order valence-electron chi connectivity index (χ3n) is 1.24. The predicted octanol–water partition coefficient (Wildman–Crippen LogP) is -0.0963. The van der Waals surface area contributed by atoms with Gasteiger partial charge < -0.3 is 17.2 Å². The number of guanidine groups is 2. The van der Waals surface area contributed by atoms with E-state index in [1.54, 1.807) is 12.1 Å². The third-order valence-corrected chi connectivity index (χ3v) is 1.24. The van der Waals surface area contributed by atoms with Crippen molar-refractivity contribution >= 4 is 17.6 Å². The van der Waals surface area contributed by atoms with Crippen LogP contribution < -0.4 is 17.2 Å². The number of nitrogens with two attached hydrogens (primary N) is 3. The molecule has 1 aromatic carbocycles. The normalized spacial score (nSPS) is 10.1. The van der Waals surface area contributed by atoms with Gasteiger partial charge in [0.2, 0.25) is 5.96 Å². The second-order valence-electron chi connectivity index (χ2n) is 2.34. The van der Waals surface area contributed by atoms with Crippen LogP contribution in [0.1, 0.15) is 0 Å². The summed E-state index contributed by atoms with van der Waals surface area (Å²) in [6.07, 6.45) is 0. The molecule has 5 nitrogen and oxygen atoms in total. The fraction of sp³-hybridized carbons (Fsp3) is 0. The zero-order chi connectivity index (χ0) is 9.68. The van der Waals surface area contributed by atoms with Gasteiger partial charge in [-0.25, -0.2) is 4.99 Å². The van der Waals surface area contributed by atoms with Gasteiger partial charge >= 0.3 is 0 Å². The van der Waals surface area contributed by atoms with Crippen LogP contribution in [0.25, 0.3) is 0 Å². The van der Waals surface area contributed by atoms with Crippen LogP contribution >= 0.6 is 0 Å². The molecule has 0 aliphatic heterocycles. The Morgan fingerprint density at radius 2 is 1.57 bits per heavy atom. The SMILES string of the molecule is NC(N)=NC(N)=Nc1ccccc1.[Cu]. The van der Waals surface area contributed by atoms with E-state index in [9.17, 15) is 0 Å². The fourth-order valence-corrected chi connectivity index (χ4v) is 0.792. The van der Waals surface area contributed by atoms with Gasteiger partial charge in [0.25, 0.3) is 0 Å². The van der Waals surface area contributed by atoms with E-state index in [4.69, 9.17) is 17.2 Å². The summed E-state index contributed by atoms with van der Waals surface area (Å²) in [4.78, 5) is 7.52. The average Bonchev–Trinajstić information content (AvgIpc) is 2.04. The van der Waals surface area contributed by atoms with E-state index in [0.717, 1.165) is 0 Å². The Morgan fingerprint density at radius 1 is 1.00 bits per heavy atom. The van der Waals surface area contributed by atoms with Crippen LogP contribution in [0.3, 0.4) is 0 Å². The molecule has 1 aromatic rings. The molecule has 0 atom stereocenters. The second-order valence-corrected chi connectivity index (χ2v) is 2.34. The van der Waals surface area contributed by atoms with Crippen LogP contribution in [-0.2, 0) is 17.1 Å². The van der Waals surface area contributed by atoms with Crippen LogP contribution in [0.5, 0.6) is 0 Å². The van der Waals surface area contributed by atoms with Crippen LogP contribution in [0, 0.1) is 0 Å². The molecule has 0 aliphatic rings. The first-order valence-electron chi connectivity index (χ1n) is 3.67. The van der Waals surface area contributed by atoms with Gasteiger partial charge in [-0.15, -0.1) is 0 Å². The Kier molecular flexibility index (Phi) is 5.36. The van der Waals surface area contributed by atoms with E-state index >= 15 is 0 Å². The molecular formula is C8H11CuN5. The maximum atomic E-state index is 5.41. The van der Waals surface area contributed by atoms with Crippen molar-refractivity contribution in [1.29, 1.82) is 0 Å². The molecule has 1 rings (SSSR count). The monoisotopic (exact) mass is 240 g/mol. The standard InChI is InChI=1S/C8H11N5.Cu/c9-7(10)13-8(11)12-6-4-2-1-3-5-6;/h1-5H,(H6,9,10,11,12,13);. The summed E-state index contributed by atoms with van der Waals surface area (Å²) in [5.74, 6) is -0.0524. The third kappa shape index (κ3) is 4.49. The van der Waals surface area contributed by atoms with Crippen LogP contribution in [0.4, 0.5) is 5.69 Å². The smallest absolute Gasteiger partial charge is 0.223 e. The Hall–Kier alpha value is -1.52. The number of hydrogen-bond donors (Lipinski definition) is 3. The minimum Gasteiger partial charge on any atom is -0.370 e. The number of nitrogens with zero attached hydrogens (tertiary/aromatic N) is 2. The van der Waals surface area contributed by atoms with Crippen molar-refractivity contribution < 1.29 is 17.1 Å². The molecule has 0 saturated carbocycles. The van der Waals surface area contributed by atoms with E-state index < -0.39 is 0 Å². The molecule has 1 radical (unpaired) electrons. The molecule has 0 fully saturated rings. The summed E-state index contributed by atoms with van der Waals surface area (Å²) < 4.78 is 0. The predicted molar refractivity (Wildman–Crippen MR) is 53.5 cm³/mol. The summed E-state index contributed by atoms with van der Waals surface area (Å²) in [5, 5.41) is 0. The quantitative estimate of drug-likeness (QED) is 0.363. The first-order chi connectivity index (χ1) is 6.18. The zero-order valence-corrected chi connectivity index (χ0v) is 8.26. The zero-order valence-electron chi connectivity index (χ0n) is 7.31. The molecule has 6 heteroatoms. The summed E-state index contributed by atoms with van der Waals surface area (Å²) in [6.45, 7) is 0.